The Hall–Kier alpha value is -2.04. The van der Waals surface area contributed by atoms with Gasteiger partial charge in [0, 0.05) is 36.9 Å². The molecule has 0 saturated carbocycles. The van der Waals surface area contributed by atoms with Crippen LogP contribution in [0.5, 0.6) is 0 Å². The lowest BCUT2D eigenvalue weighted by Gasteiger charge is -2.28. The van der Waals surface area contributed by atoms with E-state index in [-0.39, 0.29) is 18.7 Å². The lowest BCUT2D eigenvalue weighted by molar-refractivity contribution is -0.305. The minimum atomic E-state index is -1.21. The van der Waals surface area contributed by atoms with E-state index in [2.05, 4.69) is 10.2 Å². The third-order valence-corrected chi connectivity index (χ3v) is 3.43. The first-order valence-corrected chi connectivity index (χ1v) is 7.00. The highest BCUT2D eigenvalue weighted by Gasteiger charge is 2.10. The van der Waals surface area contributed by atoms with Gasteiger partial charge in [0.15, 0.2) is 0 Å². The number of carboxylic acids is 1. The highest BCUT2D eigenvalue weighted by molar-refractivity contribution is 5.92. The number of anilines is 2. The Bertz CT molecular complexity index is 465. The molecule has 5 nitrogen and oxygen atoms in total. The molecule has 5 heteroatoms. The molecule has 0 atom stereocenters. The number of benzene rings is 1. The molecular weight excluding hydrogens is 256 g/mol. The molecule has 1 aromatic rings. The number of amides is 1. The van der Waals surface area contributed by atoms with Gasteiger partial charge in [0.05, 0.1) is 0 Å². The molecule has 1 aliphatic rings. The molecule has 1 fully saturated rings. The van der Waals surface area contributed by atoms with E-state index in [0.29, 0.717) is 5.69 Å². The van der Waals surface area contributed by atoms with Gasteiger partial charge in [-0.2, -0.15) is 0 Å². The van der Waals surface area contributed by atoms with Crippen molar-refractivity contribution in [1.29, 1.82) is 0 Å². The van der Waals surface area contributed by atoms with E-state index in [1.165, 1.54) is 19.3 Å². The molecule has 0 spiro atoms. The summed E-state index contributed by atoms with van der Waals surface area (Å²) in [6.45, 7) is 2.16. The predicted octanol–water partition coefficient (Wildman–Crippen LogP) is 1.15. The van der Waals surface area contributed by atoms with Gasteiger partial charge in [-0.3, -0.25) is 4.79 Å². The standard InChI is InChI=1S/C15H20N2O3/c18-14(8-9-15(19)20)16-12-4-6-13(7-5-12)17-10-2-1-3-11-17/h4-7H,1-3,8-11H2,(H,16,18)(H,19,20)/p-1. The number of carbonyl (C=O) groups excluding carboxylic acids is 2. The Morgan fingerprint density at radius 3 is 2.30 bits per heavy atom. The van der Waals surface area contributed by atoms with E-state index in [1.807, 2.05) is 24.3 Å². The van der Waals surface area contributed by atoms with Crippen molar-refractivity contribution in [3.05, 3.63) is 24.3 Å². The summed E-state index contributed by atoms with van der Waals surface area (Å²) in [6.07, 6.45) is 3.43. The lowest BCUT2D eigenvalue weighted by Crippen LogP contribution is -2.29. The molecule has 1 N–H and O–H groups in total. The Kier molecular flexibility index (Phi) is 4.98. The van der Waals surface area contributed by atoms with Crippen LogP contribution in [0.15, 0.2) is 24.3 Å². The summed E-state index contributed by atoms with van der Waals surface area (Å²) in [5.74, 6) is -1.51. The minimum Gasteiger partial charge on any atom is -0.550 e. The fourth-order valence-electron chi connectivity index (χ4n) is 2.35. The van der Waals surface area contributed by atoms with Crippen LogP contribution in [0.3, 0.4) is 0 Å². The minimum absolute atomic E-state index is 0.0593. The Morgan fingerprint density at radius 1 is 1.05 bits per heavy atom. The number of hydrogen-bond acceptors (Lipinski definition) is 4. The summed E-state index contributed by atoms with van der Waals surface area (Å²) >= 11 is 0. The first-order chi connectivity index (χ1) is 9.65. The maximum Gasteiger partial charge on any atom is 0.224 e. The second-order valence-corrected chi connectivity index (χ2v) is 5.01. The number of carbonyl (C=O) groups is 2. The fraction of sp³-hybridized carbons (Fsp3) is 0.467. The van der Waals surface area contributed by atoms with Crippen molar-refractivity contribution >= 4 is 23.3 Å². The zero-order valence-electron chi connectivity index (χ0n) is 11.4. The highest BCUT2D eigenvalue weighted by Crippen LogP contribution is 2.21. The maximum atomic E-state index is 11.5. The largest absolute Gasteiger partial charge is 0.550 e. The molecule has 20 heavy (non-hydrogen) atoms. The Balaban J connectivity index is 1.87. The van der Waals surface area contributed by atoms with Crippen LogP contribution in [0.1, 0.15) is 32.1 Å². The van der Waals surface area contributed by atoms with Crippen molar-refractivity contribution in [3.8, 4) is 0 Å². The maximum absolute atomic E-state index is 11.5. The molecular formula is C15H19N2O3-. The quantitative estimate of drug-likeness (QED) is 0.874. The van der Waals surface area contributed by atoms with Crippen molar-refractivity contribution in [3.63, 3.8) is 0 Å². The van der Waals surface area contributed by atoms with Crippen molar-refractivity contribution in [2.24, 2.45) is 0 Å². The van der Waals surface area contributed by atoms with E-state index in [9.17, 15) is 14.7 Å². The lowest BCUT2D eigenvalue weighted by atomic mass is 10.1. The molecule has 1 heterocycles. The van der Waals surface area contributed by atoms with E-state index in [4.69, 9.17) is 0 Å². The molecule has 1 aromatic carbocycles. The van der Waals surface area contributed by atoms with E-state index in [1.54, 1.807) is 0 Å². The summed E-state index contributed by atoms with van der Waals surface area (Å²) in [7, 11) is 0. The SMILES string of the molecule is O=C([O-])CCC(=O)Nc1ccc(N2CCCCC2)cc1. The molecule has 0 aromatic heterocycles. The summed E-state index contributed by atoms with van der Waals surface area (Å²) in [5.41, 5.74) is 1.85. The molecule has 0 radical (unpaired) electrons. The number of piperidine rings is 1. The van der Waals surface area contributed by atoms with E-state index >= 15 is 0 Å². The third-order valence-electron chi connectivity index (χ3n) is 3.43. The summed E-state index contributed by atoms with van der Waals surface area (Å²) in [4.78, 5) is 24.1. The van der Waals surface area contributed by atoms with E-state index in [0.717, 1.165) is 18.8 Å². The Labute approximate surface area is 118 Å². The van der Waals surface area contributed by atoms with Crippen molar-refractivity contribution in [2.45, 2.75) is 32.1 Å². The predicted molar refractivity (Wildman–Crippen MR) is 75.4 cm³/mol. The summed E-state index contributed by atoms with van der Waals surface area (Å²) in [5, 5.41) is 13.0. The average molecular weight is 275 g/mol. The van der Waals surface area contributed by atoms with Gasteiger partial charge in [-0.1, -0.05) is 0 Å². The van der Waals surface area contributed by atoms with Crippen molar-refractivity contribution in [1.82, 2.24) is 0 Å². The van der Waals surface area contributed by atoms with Crippen molar-refractivity contribution < 1.29 is 14.7 Å². The number of nitrogens with one attached hydrogen (secondary N) is 1. The number of aliphatic carboxylic acids is 1. The van der Waals surface area contributed by atoms with Gasteiger partial charge in [0.25, 0.3) is 0 Å². The molecule has 1 amide bonds. The zero-order valence-corrected chi connectivity index (χ0v) is 11.4. The highest BCUT2D eigenvalue weighted by atomic mass is 16.4. The van der Waals surface area contributed by atoms with Crippen molar-refractivity contribution in [2.75, 3.05) is 23.3 Å². The molecule has 1 aliphatic heterocycles. The second kappa shape index (κ2) is 6.93. The smallest absolute Gasteiger partial charge is 0.224 e. The van der Waals surface area contributed by atoms with Gasteiger partial charge in [0.1, 0.15) is 0 Å². The first-order valence-electron chi connectivity index (χ1n) is 7.00. The number of carboxylic acid groups (broad SMARTS) is 1. The first kappa shape index (κ1) is 14.4. The Morgan fingerprint density at radius 2 is 1.70 bits per heavy atom. The van der Waals surface area contributed by atoms with Crippen LogP contribution in [0.25, 0.3) is 0 Å². The van der Waals surface area contributed by atoms with Gasteiger partial charge in [-0.15, -0.1) is 0 Å². The van der Waals surface area contributed by atoms with Crippen LogP contribution in [0, 0.1) is 0 Å². The number of rotatable bonds is 5. The van der Waals surface area contributed by atoms with Crippen LogP contribution >= 0.6 is 0 Å². The van der Waals surface area contributed by atoms with Gasteiger partial charge in [-0.25, -0.2) is 0 Å². The fourth-order valence-corrected chi connectivity index (χ4v) is 2.35. The molecule has 0 unspecified atom stereocenters. The molecule has 0 bridgehead atoms. The van der Waals surface area contributed by atoms with Crippen LogP contribution < -0.4 is 15.3 Å². The summed E-state index contributed by atoms with van der Waals surface area (Å²) < 4.78 is 0. The van der Waals surface area contributed by atoms with Gasteiger partial charge < -0.3 is 20.1 Å². The zero-order chi connectivity index (χ0) is 14.4. The van der Waals surface area contributed by atoms with Crippen LogP contribution in [-0.2, 0) is 9.59 Å². The van der Waals surface area contributed by atoms with Crippen LogP contribution in [0.4, 0.5) is 11.4 Å². The molecule has 0 aliphatic carbocycles. The summed E-state index contributed by atoms with van der Waals surface area (Å²) in [6, 6.07) is 7.67. The third kappa shape index (κ3) is 4.26. The van der Waals surface area contributed by atoms with Gasteiger partial charge >= 0.3 is 0 Å². The normalized spacial score (nSPS) is 14.9. The molecule has 1 saturated heterocycles. The second-order valence-electron chi connectivity index (χ2n) is 5.01. The van der Waals surface area contributed by atoms with Gasteiger partial charge in [-0.05, 0) is 49.9 Å². The van der Waals surface area contributed by atoms with E-state index < -0.39 is 5.97 Å². The van der Waals surface area contributed by atoms with Crippen LogP contribution in [-0.4, -0.2) is 25.0 Å². The molecule has 2 rings (SSSR count). The van der Waals surface area contributed by atoms with Gasteiger partial charge in [0.2, 0.25) is 5.91 Å². The average Bonchev–Trinajstić information content (AvgIpc) is 2.47. The number of hydrogen-bond donors (Lipinski definition) is 1. The van der Waals surface area contributed by atoms with Crippen LogP contribution in [0.2, 0.25) is 0 Å². The number of nitrogens with zero attached hydrogens (tertiary/aromatic N) is 1. The molecule has 108 valence electrons. The monoisotopic (exact) mass is 275 g/mol. The topological polar surface area (TPSA) is 72.5 Å².